The number of aliphatic hydroxyl groups is 1. The van der Waals surface area contributed by atoms with Crippen LogP contribution in [0.25, 0.3) is 5.65 Å². The van der Waals surface area contributed by atoms with Crippen molar-refractivity contribution in [3.63, 3.8) is 0 Å². The van der Waals surface area contributed by atoms with Gasteiger partial charge in [-0.25, -0.2) is 4.98 Å². The first-order valence-corrected chi connectivity index (χ1v) is 7.52. The molecular weight excluding hydrogens is 250 g/mol. The van der Waals surface area contributed by atoms with Gasteiger partial charge in [0.2, 0.25) is 0 Å². The number of hydrogen-bond acceptors (Lipinski definition) is 3. The maximum Gasteiger partial charge on any atom is 0.137 e. The SMILES string of the molecule is CCCCCN(CCO)Cc1c(C)nc2ccccn12. The van der Waals surface area contributed by atoms with Crippen LogP contribution in [0.5, 0.6) is 0 Å². The smallest absolute Gasteiger partial charge is 0.137 e. The first kappa shape index (κ1) is 15.0. The maximum absolute atomic E-state index is 9.24. The van der Waals surface area contributed by atoms with Crippen molar-refractivity contribution in [1.82, 2.24) is 14.3 Å². The lowest BCUT2D eigenvalue weighted by atomic mass is 10.2. The van der Waals surface area contributed by atoms with Crippen molar-refractivity contribution in [3.05, 3.63) is 35.8 Å². The van der Waals surface area contributed by atoms with E-state index in [-0.39, 0.29) is 6.61 Å². The van der Waals surface area contributed by atoms with E-state index in [2.05, 4.69) is 34.3 Å². The molecule has 110 valence electrons. The molecule has 0 aliphatic heterocycles. The number of pyridine rings is 1. The fourth-order valence-corrected chi connectivity index (χ4v) is 2.56. The molecule has 0 saturated heterocycles. The Bertz CT molecular complexity index is 536. The zero-order valence-corrected chi connectivity index (χ0v) is 12.5. The Balaban J connectivity index is 2.13. The summed E-state index contributed by atoms with van der Waals surface area (Å²) in [7, 11) is 0. The van der Waals surface area contributed by atoms with E-state index >= 15 is 0 Å². The van der Waals surface area contributed by atoms with Gasteiger partial charge in [-0.2, -0.15) is 0 Å². The lowest BCUT2D eigenvalue weighted by molar-refractivity contribution is 0.185. The highest BCUT2D eigenvalue weighted by Crippen LogP contribution is 2.14. The van der Waals surface area contributed by atoms with E-state index in [1.54, 1.807) is 0 Å². The van der Waals surface area contributed by atoms with E-state index in [0.717, 1.165) is 31.0 Å². The van der Waals surface area contributed by atoms with Crippen molar-refractivity contribution in [2.75, 3.05) is 19.7 Å². The summed E-state index contributed by atoms with van der Waals surface area (Å²) in [5.74, 6) is 0. The molecule has 0 aliphatic carbocycles. The topological polar surface area (TPSA) is 40.8 Å². The Kier molecular flexibility index (Phi) is 5.56. The van der Waals surface area contributed by atoms with E-state index in [9.17, 15) is 5.11 Å². The molecule has 2 aromatic rings. The quantitative estimate of drug-likeness (QED) is 0.753. The number of aryl methyl sites for hydroxylation is 1. The van der Waals surface area contributed by atoms with E-state index in [4.69, 9.17) is 0 Å². The van der Waals surface area contributed by atoms with Gasteiger partial charge in [-0.15, -0.1) is 0 Å². The van der Waals surface area contributed by atoms with Crippen molar-refractivity contribution < 1.29 is 5.11 Å². The average Bonchev–Trinajstić information content (AvgIpc) is 2.76. The molecule has 4 nitrogen and oxygen atoms in total. The van der Waals surface area contributed by atoms with Crippen LogP contribution in [-0.4, -0.2) is 39.1 Å². The van der Waals surface area contributed by atoms with Gasteiger partial charge in [0.1, 0.15) is 5.65 Å². The molecule has 4 heteroatoms. The zero-order valence-electron chi connectivity index (χ0n) is 12.5. The molecule has 0 amide bonds. The monoisotopic (exact) mass is 275 g/mol. The van der Waals surface area contributed by atoms with E-state index < -0.39 is 0 Å². The lowest BCUT2D eigenvalue weighted by Crippen LogP contribution is -2.28. The molecule has 2 aromatic heterocycles. The largest absolute Gasteiger partial charge is 0.395 e. The van der Waals surface area contributed by atoms with Crippen LogP contribution in [0.2, 0.25) is 0 Å². The molecule has 0 fully saturated rings. The lowest BCUT2D eigenvalue weighted by Gasteiger charge is -2.21. The highest BCUT2D eigenvalue weighted by molar-refractivity contribution is 5.42. The van der Waals surface area contributed by atoms with Gasteiger partial charge in [-0.05, 0) is 32.0 Å². The molecule has 0 spiro atoms. The highest BCUT2D eigenvalue weighted by atomic mass is 16.3. The van der Waals surface area contributed by atoms with Crippen molar-refractivity contribution in [1.29, 1.82) is 0 Å². The Hall–Kier alpha value is -1.39. The number of imidazole rings is 1. The minimum atomic E-state index is 0.210. The molecule has 0 atom stereocenters. The maximum atomic E-state index is 9.24. The first-order chi connectivity index (χ1) is 9.76. The van der Waals surface area contributed by atoms with Crippen molar-refractivity contribution in [2.45, 2.75) is 39.7 Å². The number of rotatable bonds is 8. The van der Waals surface area contributed by atoms with E-state index in [1.807, 2.05) is 18.2 Å². The van der Waals surface area contributed by atoms with Gasteiger partial charge in [-0.3, -0.25) is 4.90 Å². The van der Waals surface area contributed by atoms with Gasteiger partial charge in [0, 0.05) is 19.3 Å². The van der Waals surface area contributed by atoms with E-state index in [0.29, 0.717) is 0 Å². The molecule has 0 aliphatic rings. The van der Waals surface area contributed by atoms with Gasteiger partial charge in [0.15, 0.2) is 0 Å². The van der Waals surface area contributed by atoms with Crippen LogP contribution in [0.15, 0.2) is 24.4 Å². The summed E-state index contributed by atoms with van der Waals surface area (Å²) in [6.07, 6.45) is 5.72. The second kappa shape index (κ2) is 7.41. The summed E-state index contributed by atoms with van der Waals surface area (Å²) >= 11 is 0. The Morgan fingerprint density at radius 3 is 2.85 bits per heavy atom. The first-order valence-electron chi connectivity index (χ1n) is 7.52. The van der Waals surface area contributed by atoms with Crippen LogP contribution >= 0.6 is 0 Å². The molecule has 0 bridgehead atoms. The fraction of sp³-hybridized carbons (Fsp3) is 0.562. The van der Waals surface area contributed by atoms with Gasteiger partial charge >= 0.3 is 0 Å². The normalized spacial score (nSPS) is 11.6. The molecule has 20 heavy (non-hydrogen) atoms. The highest BCUT2D eigenvalue weighted by Gasteiger charge is 2.12. The summed E-state index contributed by atoms with van der Waals surface area (Å²) < 4.78 is 2.15. The molecule has 0 saturated carbocycles. The summed E-state index contributed by atoms with van der Waals surface area (Å²) in [6.45, 7) is 7.09. The predicted molar refractivity (Wildman–Crippen MR) is 81.8 cm³/mol. The minimum absolute atomic E-state index is 0.210. The second-order valence-corrected chi connectivity index (χ2v) is 5.28. The Morgan fingerprint density at radius 2 is 2.10 bits per heavy atom. The number of nitrogens with zero attached hydrogens (tertiary/aromatic N) is 3. The predicted octanol–water partition coefficient (Wildman–Crippen LogP) is 2.63. The van der Waals surface area contributed by atoms with Crippen LogP contribution < -0.4 is 0 Å². The fourth-order valence-electron chi connectivity index (χ4n) is 2.56. The van der Waals surface area contributed by atoms with Crippen LogP contribution in [0.1, 0.15) is 37.6 Å². The number of aromatic nitrogens is 2. The van der Waals surface area contributed by atoms with Crippen LogP contribution in [0.4, 0.5) is 0 Å². The summed E-state index contributed by atoms with van der Waals surface area (Å²) in [4.78, 5) is 6.92. The van der Waals surface area contributed by atoms with Gasteiger partial charge in [-0.1, -0.05) is 25.8 Å². The van der Waals surface area contributed by atoms with Crippen molar-refractivity contribution in [2.24, 2.45) is 0 Å². The van der Waals surface area contributed by atoms with Crippen LogP contribution in [0.3, 0.4) is 0 Å². The van der Waals surface area contributed by atoms with E-state index in [1.165, 1.54) is 25.0 Å². The Labute approximate surface area is 121 Å². The molecule has 0 aromatic carbocycles. The summed E-state index contributed by atoms with van der Waals surface area (Å²) in [6, 6.07) is 6.08. The molecule has 1 N–H and O–H groups in total. The molecule has 2 heterocycles. The molecule has 0 unspecified atom stereocenters. The third kappa shape index (κ3) is 3.58. The van der Waals surface area contributed by atoms with Crippen LogP contribution in [-0.2, 0) is 6.54 Å². The molecule has 2 rings (SSSR count). The summed E-state index contributed by atoms with van der Waals surface area (Å²) in [5, 5.41) is 9.24. The number of aliphatic hydroxyl groups excluding tert-OH is 1. The summed E-state index contributed by atoms with van der Waals surface area (Å²) in [5.41, 5.74) is 3.30. The molecule has 0 radical (unpaired) electrons. The standard InChI is InChI=1S/C16H25N3O/c1-3-4-6-9-18(11-12-20)13-15-14(2)17-16-8-5-7-10-19(15)16/h5,7-8,10,20H,3-4,6,9,11-13H2,1-2H3. The third-order valence-corrected chi connectivity index (χ3v) is 3.70. The van der Waals surface area contributed by atoms with Crippen molar-refractivity contribution >= 4 is 5.65 Å². The molecular formula is C16H25N3O. The second-order valence-electron chi connectivity index (χ2n) is 5.28. The van der Waals surface area contributed by atoms with Gasteiger partial charge in [0.25, 0.3) is 0 Å². The average molecular weight is 275 g/mol. The van der Waals surface area contributed by atoms with Gasteiger partial charge in [0.05, 0.1) is 18.0 Å². The Morgan fingerprint density at radius 1 is 1.25 bits per heavy atom. The van der Waals surface area contributed by atoms with Crippen LogP contribution in [0, 0.1) is 6.92 Å². The third-order valence-electron chi connectivity index (χ3n) is 3.70. The van der Waals surface area contributed by atoms with Gasteiger partial charge < -0.3 is 9.51 Å². The minimum Gasteiger partial charge on any atom is -0.395 e. The zero-order chi connectivity index (χ0) is 14.4. The number of hydrogen-bond donors (Lipinski definition) is 1. The van der Waals surface area contributed by atoms with Crippen molar-refractivity contribution in [3.8, 4) is 0 Å². The number of unbranched alkanes of at least 4 members (excludes halogenated alkanes) is 2. The number of fused-ring (bicyclic) bond motifs is 1.